The third-order valence-electron chi connectivity index (χ3n) is 3.90. The van der Waals surface area contributed by atoms with E-state index in [9.17, 15) is 4.79 Å². The average molecular weight is 303 g/mol. The zero-order valence-corrected chi connectivity index (χ0v) is 13.0. The van der Waals surface area contributed by atoms with E-state index >= 15 is 0 Å². The number of aryl methyl sites for hydroxylation is 1. The molecule has 0 bridgehead atoms. The second-order valence-corrected chi connectivity index (χ2v) is 5.77. The van der Waals surface area contributed by atoms with Crippen LogP contribution in [0.5, 0.6) is 0 Å². The van der Waals surface area contributed by atoms with E-state index in [1.54, 1.807) is 24.2 Å². The van der Waals surface area contributed by atoms with Gasteiger partial charge in [-0.2, -0.15) is 5.10 Å². The van der Waals surface area contributed by atoms with Crippen molar-refractivity contribution in [3.63, 3.8) is 0 Å². The van der Waals surface area contributed by atoms with Gasteiger partial charge in [0.15, 0.2) is 0 Å². The highest BCUT2D eigenvalue weighted by atomic mass is 16.5. The van der Waals surface area contributed by atoms with Crippen molar-refractivity contribution in [2.24, 2.45) is 5.92 Å². The second-order valence-electron chi connectivity index (χ2n) is 5.77. The van der Waals surface area contributed by atoms with Crippen molar-refractivity contribution < 1.29 is 9.53 Å². The summed E-state index contributed by atoms with van der Waals surface area (Å²) in [5.74, 6) is 1.44. The number of fused-ring (bicyclic) bond motifs is 1. The zero-order chi connectivity index (χ0) is 15.5. The van der Waals surface area contributed by atoms with Gasteiger partial charge in [0.05, 0.1) is 25.0 Å². The first-order valence-electron chi connectivity index (χ1n) is 7.54. The summed E-state index contributed by atoms with van der Waals surface area (Å²) in [7, 11) is 1.65. The van der Waals surface area contributed by atoms with E-state index in [2.05, 4.69) is 26.9 Å². The summed E-state index contributed by atoms with van der Waals surface area (Å²) in [4.78, 5) is 16.7. The Bertz CT molecular complexity index is 661. The van der Waals surface area contributed by atoms with Gasteiger partial charge in [0.2, 0.25) is 0 Å². The quantitative estimate of drug-likeness (QED) is 0.909. The molecule has 0 saturated heterocycles. The Morgan fingerprint density at radius 2 is 2.36 bits per heavy atom. The summed E-state index contributed by atoms with van der Waals surface area (Å²) in [5, 5.41) is 7.01. The normalized spacial score (nSPS) is 17.3. The number of methoxy groups -OCH3 is 1. The summed E-state index contributed by atoms with van der Waals surface area (Å²) in [6.07, 6.45) is 7.32. The van der Waals surface area contributed by atoms with Crippen molar-refractivity contribution in [2.45, 2.75) is 32.9 Å². The number of hydrogen-bond donors (Lipinski definition) is 1. The van der Waals surface area contributed by atoms with E-state index in [4.69, 9.17) is 4.74 Å². The topological polar surface area (TPSA) is 74.0 Å². The van der Waals surface area contributed by atoms with Gasteiger partial charge in [-0.25, -0.2) is 4.98 Å². The molecule has 0 radical (unpaired) electrons. The van der Waals surface area contributed by atoms with Crippen LogP contribution in [0.25, 0.3) is 0 Å². The zero-order valence-electron chi connectivity index (χ0n) is 13.0. The van der Waals surface area contributed by atoms with Crippen LogP contribution in [0, 0.1) is 5.92 Å². The van der Waals surface area contributed by atoms with Gasteiger partial charge in [0, 0.05) is 32.5 Å². The van der Waals surface area contributed by atoms with Crippen LogP contribution in [0.2, 0.25) is 0 Å². The number of nitrogens with zero attached hydrogens (tertiary/aromatic N) is 4. The Balaban J connectivity index is 1.66. The summed E-state index contributed by atoms with van der Waals surface area (Å²) < 4.78 is 8.82. The number of imidazole rings is 1. The number of nitrogens with one attached hydrogen (secondary N) is 1. The van der Waals surface area contributed by atoms with Gasteiger partial charge in [-0.15, -0.1) is 0 Å². The standard InChI is InChI=1S/C15H21N5O2/c1-11-3-4-19-10-13(18-14(19)7-11)15(21)17-12-8-16-20(9-12)5-6-22-2/h8-11H,3-7H2,1-2H3,(H,17,21)/t11-/m1/s1. The first kappa shape index (κ1) is 14.8. The maximum atomic E-state index is 12.3. The molecule has 1 atom stereocenters. The van der Waals surface area contributed by atoms with Crippen molar-refractivity contribution in [1.29, 1.82) is 0 Å². The molecule has 0 unspecified atom stereocenters. The van der Waals surface area contributed by atoms with Crippen molar-refractivity contribution in [3.8, 4) is 0 Å². The molecular weight excluding hydrogens is 282 g/mol. The number of carbonyl (C=O) groups is 1. The smallest absolute Gasteiger partial charge is 0.275 e. The molecule has 1 aliphatic rings. The lowest BCUT2D eigenvalue weighted by molar-refractivity contribution is 0.102. The van der Waals surface area contributed by atoms with Crippen molar-refractivity contribution in [3.05, 3.63) is 30.1 Å². The molecule has 7 nitrogen and oxygen atoms in total. The summed E-state index contributed by atoms with van der Waals surface area (Å²) in [5.41, 5.74) is 1.13. The molecular formula is C15H21N5O2. The van der Waals surface area contributed by atoms with Crippen LogP contribution < -0.4 is 5.32 Å². The Kier molecular flexibility index (Phi) is 4.24. The van der Waals surface area contributed by atoms with Gasteiger partial charge in [-0.3, -0.25) is 9.48 Å². The molecule has 2 aromatic rings. The Morgan fingerprint density at radius 3 is 3.18 bits per heavy atom. The lowest BCUT2D eigenvalue weighted by Gasteiger charge is -2.18. The summed E-state index contributed by atoms with van der Waals surface area (Å²) in [6.45, 7) is 4.39. The van der Waals surface area contributed by atoms with E-state index in [0.717, 1.165) is 25.2 Å². The molecule has 22 heavy (non-hydrogen) atoms. The van der Waals surface area contributed by atoms with Crippen LogP contribution in [-0.4, -0.2) is 39.0 Å². The van der Waals surface area contributed by atoms with Gasteiger partial charge < -0.3 is 14.6 Å². The maximum absolute atomic E-state index is 12.3. The predicted octanol–water partition coefficient (Wildman–Crippen LogP) is 1.56. The van der Waals surface area contributed by atoms with E-state index in [1.165, 1.54) is 0 Å². The number of rotatable bonds is 5. The molecule has 7 heteroatoms. The molecule has 118 valence electrons. The minimum atomic E-state index is -0.194. The third-order valence-corrected chi connectivity index (χ3v) is 3.90. The number of aromatic nitrogens is 4. The highest BCUT2D eigenvalue weighted by molar-refractivity contribution is 6.02. The van der Waals surface area contributed by atoms with Gasteiger partial charge in [0.1, 0.15) is 11.5 Å². The lowest BCUT2D eigenvalue weighted by Crippen LogP contribution is -2.16. The Hall–Kier alpha value is -2.15. The molecule has 0 spiro atoms. The fraction of sp³-hybridized carbons (Fsp3) is 0.533. The highest BCUT2D eigenvalue weighted by Crippen LogP contribution is 2.20. The van der Waals surface area contributed by atoms with E-state index < -0.39 is 0 Å². The third kappa shape index (κ3) is 3.19. The minimum Gasteiger partial charge on any atom is -0.383 e. The second kappa shape index (κ2) is 6.31. The van der Waals surface area contributed by atoms with Crippen molar-refractivity contribution in [1.82, 2.24) is 19.3 Å². The molecule has 0 saturated carbocycles. The lowest BCUT2D eigenvalue weighted by atomic mass is 10.0. The summed E-state index contributed by atoms with van der Waals surface area (Å²) in [6, 6.07) is 0. The Labute approximate surface area is 129 Å². The molecule has 0 fully saturated rings. The van der Waals surface area contributed by atoms with Crippen LogP contribution >= 0.6 is 0 Å². The molecule has 1 aliphatic heterocycles. The van der Waals surface area contributed by atoms with Crippen LogP contribution in [0.3, 0.4) is 0 Å². The summed E-state index contributed by atoms with van der Waals surface area (Å²) >= 11 is 0. The van der Waals surface area contributed by atoms with Crippen LogP contribution in [0.4, 0.5) is 5.69 Å². The van der Waals surface area contributed by atoms with Crippen molar-refractivity contribution in [2.75, 3.05) is 19.0 Å². The molecule has 2 aromatic heterocycles. The van der Waals surface area contributed by atoms with Crippen LogP contribution in [-0.2, 0) is 24.2 Å². The van der Waals surface area contributed by atoms with Crippen molar-refractivity contribution >= 4 is 11.6 Å². The number of amides is 1. The maximum Gasteiger partial charge on any atom is 0.275 e. The Morgan fingerprint density at radius 1 is 1.50 bits per heavy atom. The van der Waals surface area contributed by atoms with E-state index in [-0.39, 0.29) is 5.91 Å². The van der Waals surface area contributed by atoms with Crippen LogP contribution in [0.1, 0.15) is 29.7 Å². The fourth-order valence-corrected chi connectivity index (χ4v) is 2.62. The van der Waals surface area contributed by atoms with Gasteiger partial charge in [-0.1, -0.05) is 6.92 Å². The first-order chi connectivity index (χ1) is 10.7. The SMILES string of the molecule is COCCn1cc(NC(=O)c2cn3c(n2)C[C@H](C)CC3)cn1. The molecule has 1 N–H and O–H groups in total. The van der Waals surface area contributed by atoms with E-state index in [0.29, 0.717) is 30.5 Å². The van der Waals surface area contributed by atoms with Gasteiger partial charge in [-0.05, 0) is 12.3 Å². The number of carbonyl (C=O) groups excluding carboxylic acids is 1. The first-order valence-corrected chi connectivity index (χ1v) is 7.54. The number of ether oxygens (including phenoxy) is 1. The molecule has 0 aliphatic carbocycles. The highest BCUT2D eigenvalue weighted by Gasteiger charge is 2.20. The minimum absolute atomic E-state index is 0.194. The number of hydrogen-bond acceptors (Lipinski definition) is 4. The van der Waals surface area contributed by atoms with Gasteiger partial charge in [0.25, 0.3) is 5.91 Å². The monoisotopic (exact) mass is 303 g/mol. The predicted molar refractivity (Wildman–Crippen MR) is 81.8 cm³/mol. The largest absolute Gasteiger partial charge is 0.383 e. The molecule has 3 heterocycles. The average Bonchev–Trinajstić information content (AvgIpc) is 3.11. The molecule has 0 aromatic carbocycles. The van der Waals surface area contributed by atoms with Crippen LogP contribution in [0.15, 0.2) is 18.6 Å². The molecule has 3 rings (SSSR count). The van der Waals surface area contributed by atoms with Gasteiger partial charge >= 0.3 is 0 Å². The fourth-order valence-electron chi connectivity index (χ4n) is 2.62. The van der Waals surface area contributed by atoms with E-state index in [1.807, 2.05) is 6.20 Å². The number of anilines is 1. The molecule has 1 amide bonds.